The summed E-state index contributed by atoms with van der Waals surface area (Å²) < 4.78 is 21.9. The molecule has 4 rings (SSSR count). The number of β-amino-alcohol motifs (C(OH)–C–C–N with tert-alkyl or cyclic N) is 1. The smallest absolute Gasteiger partial charge is 0.188 e. The number of anilines is 2. The SMILES string of the molecule is COCOc1cc2c(cc1OCOC)N(CCCN1CCN(CCO)CC1)c1cc(Cl)ccc1S2. The van der Waals surface area contributed by atoms with Crippen molar-refractivity contribution >= 4 is 34.7 Å². The van der Waals surface area contributed by atoms with E-state index in [1.807, 2.05) is 24.3 Å². The molecule has 0 amide bonds. The summed E-state index contributed by atoms with van der Waals surface area (Å²) in [7, 11) is 3.19. The van der Waals surface area contributed by atoms with E-state index in [4.69, 9.17) is 30.5 Å². The van der Waals surface area contributed by atoms with Gasteiger partial charge >= 0.3 is 0 Å². The lowest BCUT2D eigenvalue weighted by atomic mass is 10.2. The molecule has 35 heavy (non-hydrogen) atoms. The zero-order chi connectivity index (χ0) is 24.6. The third-order valence-corrected chi connectivity index (χ3v) is 7.50. The molecule has 2 heterocycles. The highest BCUT2D eigenvalue weighted by Gasteiger charge is 2.27. The quantitative estimate of drug-likeness (QED) is 0.417. The summed E-state index contributed by atoms with van der Waals surface area (Å²) in [5.74, 6) is 1.23. The molecule has 0 spiro atoms. The van der Waals surface area contributed by atoms with Gasteiger partial charge in [-0.1, -0.05) is 23.4 Å². The fourth-order valence-electron chi connectivity index (χ4n) is 4.40. The average molecular weight is 524 g/mol. The minimum atomic E-state index is 0.125. The van der Waals surface area contributed by atoms with Gasteiger partial charge in [0.2, 0.25) is 0 Å². The highest BCUT2D eigenvalue weighted by molar-refractivity contribution is 7.99. The van der Waals surface area contributed by atoms with Crippen LogP contribution in [0.5, 0.6) is 11.5 Å². The molecule has 0 aliphatic carbocycles. The molecule has 2 aromatic carbocycles. The van der Waals surface area contributed by atoms with Crippen LogP contribution in [0, 0.1) is 0 Å². The number of aliphatic hydroxyl groups excluding tert-OH is 1. The highest BCUT2D eigenvalue weighted by Crippen LogP contribution is 2.52. The lowest BCUT2D eigenvalue weighted by molar-refractivity contribution is 0.0321. The first-order chi connectivity index (χ1) is 17.1. The van der Waals surface area contributed by atoms with Crippen molar-refractivity contribution in [1.82, 2.24) is 9.80 Å². The van der Waals surface area contributed by atoms with Crippen LogP contribution in [0.3, 0.4) is 0 Å². The van der Waals surface area contributed by atoms with Crippen molar-refractivity contribution in [1.29, 1.82) is 0 Å². The van der Waals surface area contributed by atoms with Crippen LogP contribution in [-0.4, -0.2) is 95.1 Å². The van der Waals surface area contributed by atoms with Gasteiger partial charge in [0.1, 0.15) is 0 Å². The molecule has 192 valence electrons. The fourth-order valence-corrected chi connectivity index (χ4v) is 5.65. The third-order valence-electron chi connectivity index (χ3n) is 6.15. The summed E-state index contributed by atoms with van der Waals surface area (Å²) in [5, 5.41) is 9.89. The number of hydrogen-bond donors (Lipinski definition) is 1. The first-order valence-electron chi connectivity index (χ1n) is 11.8. The second-order valence-corrected chi connectivity index (χ2v) is 10.0. The van der Waals surface area contributed by atoms with Gasteiger partial charge in [0.05, 0.1) is 18.0 Å². The Bertz CT molecular complexity index is 974. The number of methoxy groups -OCH3 is 2. The predicted octanol–water partition coefficient (Wildman–Crippen LogP) is 3.91. The van der Waals surface area contributed by atoms with Gasteiger partial charge in [-0.05, 0) is 31.2 Å². The van der Waals surface area contributed by atoms with E-state index < -0.39 is 0 Å². The maximum Gasteiger partial charge on any atom is 0.188 e. The van der Waals surface area contributed by atoms with Crippen molar-refractivity contribution in [2.45, 2.75) is 16.2 Å². The molecule has 2 aliphatic heterocycles. The Morgan fingerprint density at radius 2 is 1.46 bits per heavy atom. The van der Waals surface area contributed by atoms with Crippen LogP contribution in [-0.2, 0) is 9.47 Å². The molecule has 0 saturated carbocycles. The summed E-state index contributed by atoms with van der Waals surface area (Å²) in [5.41, 5.74) is 2.17. The highest BCUT2D eigenvalue weighted by atomic mass is 35.5. The van der Waals surface area contributed by atoms with Crippen molar-refractivity contribution in [3.63, 3.8) is 0 Å². The predicted molar refractivity (Wildman–Crippen MR) is 139 cm³/mol. The number of benzene rings is 2. The molecule has 1 fully saturated rings. The average Bonchev–Trinajstić information content (AvgIpc) is 2.87. The van der Waals surface area contributed by atoms with Crippen molar-refractivity contribution in [2.24, 2.45) is 0 Å². The van der Waals surface area contributed by atoms with Crippen LogP contribution >= 0.6 is 23.4 Å². The van der Waals surface area contributed by atoms with E-state index in [0.29, 0.717) is 16.5 Å². The number of fused-ring (bicyclic) bond motifs is 2. The molecule has 1 saturated heterocycles. The van der Waals surface area contributed by atoms with E-state index in [9.17, 15) is 5.11 Å². The summed E-state index contributed by atoms with van der Waals surface area (Å²) in [4.78, 5) is 9.39. The Balaban J connectivity index is 1.53. The first kappa shape index (κ1) is 26.3. The Hall–Kier alpha value is -1.72. The second-order valence-electron chi connectivity index (χ2n) is 8.49. The van der Waals surface area contributed by atoms with E-state index in [1.54, 1.807) is 26.0 Å². The molecular weight excluding hydrogens is 490 g/mol. The minimum absolute atomic E-state index is 0.125. The van der Waals surface area contributed by atoms with Gasteiger partial charge in [0.25, 0.3) is 0 Å². The maximum atomic E-state index is 9.17. The number of rotatable bonds is 12. The largest absolute Gasteiger partial charge is 0.464 e. The summed E-state index contributed by atoms with van der Waals surface area (Å²) in [6.45, 7) is 7.19. The topological polar surface area (TPSA) is 66.9 Å². The van der Waals surface area contributed by atoms with Gasteiger partial charge in [-0.2, -0.15) is 0 Å². The maximum absolute atomic E-state index is 9.17. The van der Waals surface area contributed by atoms with E-state index >= 15 is 0 Å². The fraction of sp³-hybridized carbons (Fsp3) is 0.520. The molecule has 0 radical (unpaired) electrons. The van der Waals surface area contributed by atoms with Crippen molar-refractivity contribution in [3.05, 3.63) is 35.4 Å². The lowest BCUT2D eigenvalue weighted by Gasteiger charge is -2.36. The number of piperazine rings is 1. The second kappa shape index (κ2) is 13.0. The van der Waals surface area contributed by atoms with Gasteiger partial charge in [-0.3, -0.25) is 4.90 Å². The molecule has 0 bridgehead atoms. The van der Waals surface area contributed by atoms with E-state index in [-0.39, 0.29) is 20.2 Å². The van der Waals surface area contributed by atoms with Gasteiger partial charge in [-0.15, -0.1) is 0 Å². The first-order valence-corrected chi connectivity index (χ1v) is 13.0. The minimum Gasteiger partial charge on any atom is -0.464 e. The van der Waals surface area contributed by atoms with Crippen LogP contribution < -0.4 is 14.4 Å². The van der Waals surface area contributed by atoms with Gasteiger partial charge in [-0.25, -0.2) is 0 Å². The van der Waals surface area contributed by atoms with Crippen LogP contribution in [0.1, 0.15) is 6.42 Å². The van der Waals surface area contributed by atoms with Gasteiger partial charge < -0.3 is 33.9 Å². The number of aliphatic hydroxyl groups is 1. The van der Waals surface area contributed by atoms with Crippen molar-refractivity contribution in [2.75, 3.05) is 85.1 Å². The van der Waals surface area contributed by atoms with E-state index in [0.717, 1.165) is 73.4 Å². The number of hydrogen-bond acceptors (Lipinski definition) is 9. The number of halogens is 1. The van der Waals surface area contributed by atoms with Crippen molar-refractivity contribution in [3.8, 4) is 11.5 Å². The summed E-state index contributed by atoms with van der Waals surface area (Å²) in [6, 6.07) is 10.1. The van der Waals surface area contributed by atoms with Gasteiger partial charge in [0.15, 0.2) is 25.1 Å². The Morgan fingerprint density at radius 1 is 0.829 bits per heavy atom. The Kier molecular flexibility index (Phi) is 9.79. The van der Waals surface area contributed by atoms with Gasteiger partial charge in [0, 0.05) is 80.4 Å². The van der Waals surface area contributed by atoms with Crippen LogP contribution in [0.15, 0.2) is 40.1 Å². The van der Waals surface area contributed by atoms with Crippen LogP contribution in [0.2, 0.25) is 5.02 Å². The zero-order valence-electron chi connectivity index (χ0n) is 20.4. The van der Waals surface area contributed by atoms with E-state index in [2.05, 4.69) is 20.8 Å². The monoisotopic (exact) mass is 523 g/mol. The molecule has 1 N–H and O–H groups in total. The zero-order valence-corrected chi connectivity index (χ0v) is 21.9. The molecular formula is C25H34ClN3O5S. The number of ether oxygens (including phenoxy) is 4. The molecule has 2 aliphatic rings. The standard InChI is InChI=1S/C25H34ClN3O5S/c1-31-17-33-22-15-21-25(16-23(22)34-18-32-2)35-24-5-4-19(26)14-20(24)29(21)7-3-6-27-8-10-28(11-9-27)12-13-30/h4-5,14-16,30H,3,6-13,17-18H2,1-2H3. The third kappa shape index (κ3) is 6.74. The Labute approximate surface area is 216 Å². The van der Waals surface area contributed by atoms with Crippen LogP contribution in [0.25, 0.3) is 0 Å². The van der Waals surface area contributed by atoms with Crippen LogP contribution in [0.4, 0.5) is 11.4 Å². The molecule has 0 atom stereocenters. The molecule has 2 aromatic rings. The number of nitrogens with zero attached hydrogens (tertiary/aromatic N) is 3. The molecule has 0 aromatic heterocycles. The Morgan fingerprint density at radius 3 is 2.11 bits per heavy atom. The summed E-state index contributed by atoms with van der Waals surface area (Å²) in [6.07, 6.45) is 1.01. The summed E-state index contributed by atoms with van der Waals surface area (Å²) >= 11 is 8.10. The molecule has 10 heteroatoms. The lowest BCUT2D eigenvalue weighted by Crippen LogP contribution is -2.47. The molecule has 0 unspecified atom stereocenters. The van der Waals surface area contributed by atoms with E-state index in [1.165, 1.54) is 0 Å². The molecule has 8 nitrogen and oxygen atoms in total. The normalized spacial score (nSPS) is 16.2. The van der Waals surface area contributed by atoms with Crippen molar-refractivity contribution < 1.29 is 24.1 Å².